The number of ether oxygens (including phenoxy) is 6. The van der Waals surface area contributed by atoms with Crippen molar-refractivity contribution in [3.05, 3.63) is 108 Å². The number of nitrogens with zero attached hydrogens (tertiary/aromatic N) is 6. The highest BCUT2D eigenvalue weighted by molar-refractivity contribution is 5.99. The maximum atomic E-state index is 15.0. The first-order chi connectivity index (χ1) is 45.9. The fraction of sp³-hybridized carbons (Fsp3) is 0.549. The fourth-order valence-corrected chi connectivity index (χ4v) is 10.5. The van der Waals surface area contributed by atoms with E-state index in [0.717, 1.165) is 18.1 Å². The summed E-state index contributed by atoms with van der Waals surface area (Å²) in [7, 11) is 1.44. The molecule has 27 heteroatoms. The van der Waals surface area contributed by atoms with Crippen LogP contribution < -0.4 is 26.0 Å². The number of hydrogen-bond acceptors (Lipinski definition) is 20. The number of furan rings is 1. The smallest absolute Gasteiger partial charge is 0.416 e. The molecule has 6 rings (SSSR count). The normalized spacial score (nSPS) is 14.5. The molecule has 1 aliphatic rings. The number of hydrogen-bond donors (Lipinski definition) is 4. The van der Waals surface area contributed by atoms with Crippen LogP contribution in [0, 0.1) is 5.92 Å². The monoisotopic (exact) mass is 1360 g/mol. The van der Waals surface area contributed by atoms with Gasteiger partial charge in [0.25, 0.3) is 0 Å². The molecule has 1 fully saturated rings. The Bertz CT molecular complexity index is 3550. The molecule has 27 nitrogen and oxygen atoms in total. The highest BCUT2D eigenvalue weighted by atomic mass is 16.6. The van der Waals surface area contributed by atoms with Crippen molar-refractivity contribution in [2.75, 3.05) is 59.5 Å². The summed E-state index contributed by atoms with van der Waals surface area (Å²) in [6.07, 6.45) is 1.53. The molecule has 5 aromatic rings. The van der Waals surface area contributed by atoms with Crippen molar-refractivity contribution in [1.82, 2.24) is 50.3 Å². The third-order valence-corrected chi connectivity index (χ3v) is 14.8. The number of imidazole rings is 1. The summed E-state index contributed by atoms with van der Waals surface area (Å²) < 4.78 is 41.8. The molecule has 534 valence electrons. The zero-order valence-corrected chi connectivity index (χ0v) is 59.2. The molecule has 0 aliphatic carbocycles. The number of aromatic nitrogens is 3. The Labute approximate surface area is 573 Å². The standard InChI is InChI=1S/C71H98N10O17/c1-45(66(90)98-71(12,13)14)59(77-62(87)51(72-46(2)82)41-56(83)95-68(3,4)5)63(88)75-52(42-57(84)96-69(6,7)8)61(86)76-53(43-58(85)97-70(9,10)11)64(89)78(15)30-23-32-80(33-24-31-79-34-37-92-38-35-79)67(91)94-65-54(40-49-29-22-36-93-49)74-60-50(39-47-25-18-16-19-26-47)73-55(44-81(60)65)48-27-20-17-21-28-48/h16-22,25-29,36,44-45,51-53,59H,23-24,30-35,37-43H2,1-15H3,(H,72,82)(H,75,88)(H,76,86)(H,77,87). The van der Waals surface area contributed by atoms with E-state index in [0.29, 0.717) is 74.2 Å². The molecule has 0 saturated carbocycles. The summed E-state index contributed by atoms with van der Waals surface area (Å²) >= 11 is 0. The number of rotatable bonds is 30. The average molecular weight is 1360 g/mol. The van der Waals surface area contributed by atoms with Gasteiger partial charge < -0.3 is 63.9 Å². The van der Waals surface area contributed by atoms with Gasteiger partial charge >= 0.3 is 30.0 Å². The predicted molar refractivity (Wildman–Crippen MR) is 361 cm³/mol. The molecule has 1 aliphatic heterocycles. The van der Waals surface area contributed by atoms with E-state index >= 15 is 4.79 Å². The first kappa shape index (κ1) is 77.8. The number of carbonyl (C=O) groups excluding carboxylic acids is 10. The molecular weight excluding hydrogens is 1260 g/mol. The van der Waals surface area contributed by atoms with Crippen LogP contribution in [0.25, 0.3) is 16.9 Å². The van der Waals surface area contributed by atoms with E-state index in [1.807, 2.05) is 60.7 Å². The topological polar surface area (TPSA) is 327 Å². The van der Waals surface area contributed by atoms with Crippen molar-refractivity contribution < 1.29 is 80.8 Å². The van der Waals surface area contributed by atoms with Crippen LogP contribution in [0.3, 0.4) is 0 Å². The van der Waals surface area contributed by atoms with Crippen LogP contribution in [0.15, 0.2) is 89.7 Å². The number of nitrogens with one attached hydrogen (secondary N) is 4. The molecule has 0 radical (unpaired) electrons. The lowest BCUT2D eigenvalue weighted by Crippen LogP contribution is -2.61. The zero-order valence-electron chi connectivity index (χ0n) is 59.2. The van der Waals surface area contributed by atoms with E-state index in [1.165, 1.54) is 18.9 Å². The Morgan fingerprint density at radius 1 is 0.592 bits per heavy atom. The Balaban J connectivity index is 1.31. The first-order valence-corrected chi connectivity index (χ1v) is 33.0. The van der Waals surface area contributed by atoms with E-state index < -0.39 is 131 Å². The van der Waals surface area contributed by atoms with Gasteiger partial charge in [-0.05, 0) is 121 Å². The van der Waals surface area contributed by atoms with Crippen LogP contribution in [0.2, 0.25) is 0 Å². The molecule has 5 unspecified atom stereocenters. The summed E-state index contributed by atoms with van der Waals surface area (Å²) in [4.78, 5) is 156. The molecule has 6 amide bonds. The van der Waals surface area contributed by atoms with Gasteiger partial charge in [-0.15, -0.1) is 0 Å². The van der Waals surface area contributed by atoms with Crippen molar-refractivity contribution in [2.45, 2.75) is 188 Å². The lowest BCUT2D eigenvalue weighted by molar-refractivity contribution is -0.163. The average Bonchev–Trinajstić information content (AvgIpc) is 1.59. The minimum atomic E-state index is -1.93. The van der Waals surface area contributed by atoms with Crippen molar-refractivity contribution in [1.29, 1.82) is 0 Å². The maximum absolute atomic E-state index is 15.0. The number of fused-ring (bicyclic) bond motifs is 1. The van der Waals surface area contributed by atoms with E-state index in [1.54, 1.807) is 117 Å². The lowest BCUT2D eigenvalue weighted by Gasteiger charge is -2.31. The van der Waals surface area contributed by atoms with Gasteiger partial charge in [0.2, 0.25) is 35.4 Å². The van der Waals surface area contributed by atoms with Crippen molar-refractivity contribution in [2.24, 2.45) is 5.92 Å². The molecule has 4 heterocycles. The van der Waals surface area contributed by atoms with E-state index in [-0.39, 0.29) is 38.4 Å². The summed E-state index contributed by atoms with van der Waals surface area (Å²) in [5, 5.41) is 9.79. The van der Waals surface area contributed by atoms with Crippen molar-refractivity contribution in [3.8, 4) is 17.1 Å². The summed E-state index contributed by atoms with van der Waals surface area (Å²) in [6, 6.07) is 15.8. The van der Waals surface area contributed by atoms with Crippen LogP contribution >= 0.6 is 0 Å². The van der Waals surface area contributed by atoms with Crippen LogP contribution in [0.5, 0.6) is 5.88 Å². The van der Waals surface area contributed by atoms with Gasteiger partial charge in [0.05, 0.1) is 62.5 Å². The summed E-state index contributed by atoms with van der Waals surface area (Å²) in [6.45, 7) is 24.8. The largest absolute Gasteiger partial charge is 0.469 e. The quantitative estimate of drug-likeness (QED) is 0.0275. The second-order valence-corrected chi connectivity index (χ2v) is 28.2. The molecule has 98 heavy (non-hydrogen) atoms. The molecule has 4 N–H and O–H groups in total. The summed E-state index contributed by atoms with van der Waals surface area (Å²) in [5.41, 5.74) is -0.351. The second-order valence-electron chi connectivity index (χ2n) is 28.2. The number of likely N-dealkylation sites (N-methyl/N-ethyl adjacent to an activating group) is 1. The zero-order chi connectivity index (χ0) is 72.3. The van der Waals surface area contributed by atoms with Gasteiger partial charge in [0.1, 0.15) is 58.0 Å². The third-order valence-electron chi connectivity index (χ3n) is 14.8. The van der Waals surface area contributed by atoms with Crippen LogP contribution in [0.1, 0.15) is 152 Å². The second kappa shape index (κ2) is 34.8. The van der Waals surface area contributed by atoms with Crippen molar-refractivity contribution >= 4 is 65.2 Å². The Morgan fingerprint density at radius 3 is 1.67 bits per heavy atom. The van der Waals surface area contributed by atoms with E-state index in [2.05, 4.69) is 26.2 Å². The number of esters is 4. The molecule has 0 spiro atoms. The number of amides is 6. The van der Waals surface area contributed by atoms with E-state index in [9.17, 15) is 43.2 Å². The van der Waals surface area contributed by atoms with Gasteiger partial charge in [-0.2, -0.15) is 0 Å². The van der Waals surface area contributed by atoms with Gasteiger partial charge in [0.15, 0.2) is 5.65 Å². The van der Waals surface area contributed by atoms with Gasteiger partial charge in [-0.3, -0.25) is 52.5 Å². The SMILES string of the molecule is CC(=O)NC(CC(=O)OC(C)(C)C)C(=O)NC(C(=O)NC(CC(=O)OC(C)(C)C)C(=O)NC(CC(=O)OC(C)(C)C)C(=O)N(C)CCCN(CCCN1CCOCC1)C(=O)Oc1c(Cc2ccco2)nc2c(Cc3ccccc3)nc(-c3ccccc3)cn12)C(C)C(=O)OC(C)(C)C. The van der Waals surface area contributed by atoms with E-state index in [4.69, 9.17) is 42.8 Å². The number of morpholine rings is 1. The van der Waals surface area contributed by atoms with Crippen LogP contribution in [0.4, 0.5) is 4.79 Å². The lowest BCUT2D eigenvalue weighted by atomic mass is 9.98. The summed E-state index contributed by atoms with van der Waals surface area (Å²) in [5.74, 6) is -9.67. The third kappa shape index (κ3) is 25.6. The molecule has 5 atom stereocenters. The molecule has 2 aromatic carbocycles. The van der Waals surface area contributed by atoms with Gasteiger partial charge in [-0.25, -0.2) is 14.8 Å². The predicted octanol–water partition coefficient (Wildman–Crippen LogP) is 6.67. The number of benzene rings is 2. The first-order valence-electron chi connectivity index (χ1n) is 33.0. The minimum absolute atomic E-state index is 0.0406. The highest BCUT2D eigenvalue weighted by Gasteiger charge is 2.41. The highest BCUT2D eigenvalue weighted by Crippen LogP contribution is 2.31. The van der Waals surface area contributed by atoms with Crippen LogP contribution in [-0.4, -0.2) is 195 Å². The van der Waals surface area contributed by atoms with Crippen LogP contribution in [-0.2, 0) is 79.7 Å². The van der Waals surface area contributed by atoms with Gasteiger partial charge in [-0.1, -0.05) is 60.7 Å². The minimum Gasteiger partial charge on any atom is -0.469 e. The fourth-order valence-electron chi connectivity index (χ4n) is 10.5. The Kier molecular flexibility index (Phi) is 27.6. The number of carbonyl (C=O) groups is 10. The molecular formula is C71H98N10O17. The van der Waals surface area contributed by atoms with Crippen molar-refractivity contribution in [3.63, 3.8) is 0 Å². The Hall–Kier alpha value is -9.24. The molecule has 0 bridgehead atoms. The van der Waals surface area contributed by atoms with Gasteiger partial charge in [0, 0.05) is 71.4 Å². The Morgan fingerprint density at radius 2 is 1.12 bits per heavy atom. The molecule has 3 aromatic heterocycles. The molecule has 1 saturated heterocycles. The maximum Gasteiger partial charge on any atom is 0.416 e.